The molecule has 0 radical (unpaired) electrons. The summed E-state index contributed by atoms with van der Waals surface area (Å²) in [5, 5.41) is 21.1. The molecule has 0 spiro atoms. The van der Waals surface area contributed by atoms with Gasteiger partial charge in [0, 0.05) is 11.8 Å². The number of carbonyl (C=O) groups is 2. The molecule has 8 nitrogen and oxygen atoms in total. The first-order valence-corrected chi connectivity index (χ1v) is 9.42. The number of aliphatic hydroxyl groups is 1. The Morgan fingerprint density at radius 3 is 2.41 bits per heavy atom. The zero-order valence-corrected chi connectivity index (χ0v) is 16.2. The Hall–Kier alpha value is -3.52. The molecule has 3 aromatic rings. The molecular weight excluding hydrogens is 370 g/mol. The van der Waals surface area contributed by atoms with E-state index in [9.17, 15) is 9.59 Å². The predicted molar refractivity (Wildman–Crippen MR) is 108 cm³/mol. The maximum atomic E-state index is 12.4. The fourth-order valence-electron chi connectivity index (χ4n) is 3.24. The number of hydrogen-bond acceptors (Lipinski definition) is 6. The van der Waals surface area contributed by atoms with Gasteiger partial charge in [0.2, 0.25) is 0 Å². The van der Waals surface area contributed by atoms with Crippen molar-refractivity contribution in [3.05, 3.63) is 59.3 Å². The van der Waals surface area contributed by atoms with Gasteiger partial charge in [0.15, 0.2) is 0 Å². The molecule has 2 heterocycles. The third-order valence-electron chi connectivity index (χ3n) is 4.90. The molecule has 1 aliphatic heterocycles. The van der Waals surface area contributed by atoms with Crippen molar-refractivity contribution in [2.45, 2.75) is 20.3 Å². The van der Waals surface area contributed by atoms with Crippen molar-refractivity contribution in [1.82, 2.24) is 19.9 Å². The number of amides is 2. The average molecular weight is 391 g/mol. The van der Waals surface area contributed by atoms with Crippen LogP contribution < -0.4 is 5.32 Å². The van der Waals surface area contributed by atoms with Crippen LogP contribution in [-0.4, -0.2) is 50.0 Å². The summed E-state index contributed by atoms with van der Waals surface area (Å²) in [6.07, 6.45) is 2.21. The number of hydrogen-bond donors (Lipinski definition) is 2. The second kappa shape index (κ2) is 7.48. The monoisotopic (exact) mass is 391 g/mol. The summed E-state index contributed by atoms with van der Waals surface area (Å²) < 4.78 is 0. The van der Waals surface area contributed by atoms with Gasteiger partial charge >= 0.3 is 0 Å². The van der Waals surface area contributed by atoms with Crippen LogP contribution in [0.25, 0.3) is 16.7 Å². The van der Waals surface area contributed by atoms with Gasteiger partial charge in [-0.3, -0.25) is 14.5 Å². The molecule has 0 saturated heterocycles. The number of imide groups is 1. The van der Waals surface area contributed by atoms with Gasteiger partial charge in [-0.25, -0.2) is 0 Å². The zero-order valence-electron chi connectivity index (χ0n) is 16.2. The number of nitrogens with zero attached hydrogens (tertiary/aromatic N) is 4. The van der Waals surface area contributed by atoms with Crippen LogP contribution in [0.5, 0.6) is 0 Å². The van der Waals surface area contributed by atoms with Crippen LogP contribution in [0.1, 0.15) is 18.1 Å². The molecule has 2 aromatic carbocycles. The van der Waals surface area contributed by atoms with Crippen molar-refractivity contribution in [2.24, 2.45) is 0 Å². The lowest BCUT2D eigenvalue weighted by atomic mass is 10.1. The number of β-amino-alcohol motifs (C(OH)–C–C–N with tert-alkyl or cyclic N) is 1. The molecule has 29 heavy (non-hydrogen) atoms. The highest BCUT2D eigenvalue weighted by molar-refractivity contribution is 6.17. The Labute approximate surface area is 167 Å². The Balaban J connectivity index is 1.63. The minimum Gasteiger partial charge on any atom is -0.395 e. The van der Waals surface area contributed by atoms with Crippen LogP contribution in [0.4, 0.5) is 5.69 Å². The normalized spacial score (nSPS) is 14.0. The van der Waals surface area contributed by atoms with E-state index in [0.29, 0.717) is 11.2 Å². The summed E-state index contributed by atoms with van der Waals surface area (Å²) in [5.74, 6) is -0.894. The lowest BCUT2D eigenvalue weighted by Gasteiger charge is -2.14. The number of carbonyl (C=O) groups excluding carboxylic acids is 2. The number of anilines is 1. The van der Waals surface area contributed by atoms with Gasteiger partial charge in [0.05, 0.1) is 18.8 Å². The summed E-state index contributed by atoms with van der Waals surface area (Å²) in [6, 6.07) is 11.8. The molecule has 0 unspecified atom stereocenters. The molecule has 8 heteroatoms. The van der Waals surface area contributed by atoms with E-state index >= 15 is 0 Å². The van der Waals surface area contributed by atoms with Crippen molar-refractivity contribution in [2.75, 3.05) is 18.5 Å². The smallest absolute Gasteiger partial charge is 0.277 e. The van der Waals surface area contributed by atoms with E-state index in [1.807, 2.05) is 31.2 Å². The number of benzene rings is 2. The molecule has 1 aliphatic rings. The highest BCUT2D eigenvalue weighted by Crippen LogP contribution is 2.25. The number of fused-ring (bicyclic) bond motifs is 1. The Morgan fingerprint density at radius 2 is 1.76 bits per heavy atom. The lowest BCUT2D eigenvalue weighted by molar-refractivity contribution is -0.137. The minimum absolute atomic E-state index is 0.0253. The molecule has 0 atom stereocenters. The average Bonchev–Trinajstić information content (AvgIpc) is 3.24. The first kappa shape index (κ1) is 18.8. The Morgan fingerprint density at radius 1 is 1.07 bits per heavy atom. The molecule has 4 rings (SSSR count). The van der Waals surface area contributed by atoms with Crippen LogP contribution in [0.15, 0.2) is 48.2 Å². The fraction of sp³-hybridized carbons (Fsp3) is 0.238. The number of aliphatic hydroxyl groups excluding tert-OH is 1. The van der Waals surface area contributed by atoms with Crippen molar-refractivity contribution in [3.63, 3.8) is 0 Å². The molecule has 2 N–H and O–H groups in total. The quantitative estimate of drug-likeness (QED) is 0.623. The standard InChI is InChI=1S/C21H21N5O3/c1-3-14-4-6-15(7-5-14)26-23-17-10-13(2)16(11-18(17)24-26)22-19-12-20(28)25(8-9-27)21(19)29/h4-7,10-12,22,27H,3,8-9H2,1-2H3. The molecular formula is C21H21N5O3. The first-order valence-electron chi connectivity index (χ1n) is 9.42. The number of aryl methyl sites for hydroxylation is 2. The SMILES string of the molecule is CCc1ccc(-n2nc3cc(C)c(NC4=CC(=O)N(CCO)C4=O)cc3n2)cc1. The highest BCUT2D eigenvalue weighted by Gasteiger charge is 2.30. The minimum atomic E-state index is -0.455. The number of nitrogens with one attached hydrogen (secondary N) is 1. The van der Waals surface area contributed by atoms with Gasteiger partial charge < -0.3 is 10.4 Å². The van der Waals surface area contributed by atoms with E-state index in [1.54, 1.807) is 4.80 Å². The summed E-state index contributed by atoms with van der Waals surface area (Å²) in [6.45, 7) is 3.70. The number of rotatable bonds is 6. The van der Waals surface area contributed by atoms with Crippen LogP contribution in [-0.2, 0) is 16.0 Å². The van der Waals surface area contributed by atoms with Crippen LogP contribution in [0.3, 0.4) is 0 Å². The van der Waals surface area contributed by atoms with E-state index in [4.69, 9.17) is 5.11 Å². The van der Waals surface area contributed by atoms with Crippen molar-refractivity contribution in [1.29, 1.82) is 0 Å². The predicted octanol–water partition coefficient (Wildman–Crippen LogP) is 1.95. The van der Waals surface area contributed by atoms with Gasteiger partial charge in [-0.05, 0) is 48.7 Å². The first-order chi connectivity index (χ1) is 14.0. The lowest BCUT2D eigenvalue weighted by Crippen LogP contribution is -2.34. The van der Waals surface area contributed by atoms with Gasteiger partial charge in [-0.2, -0.15) is 4.80 Å². The van der Waals surface area contributed by atoms with Crippen LogP contribution >= 0.6 is 0 Å². The van der Waals surface area contributed by atoms with E-state index in [2.05, 4.69) is 34.6 Å². The van der Waals surface area contributed by atoms with Crippen molar-refractivity contribution < 1.29 is 14.7 Å². The van der Waals surface area contributed by atoms with Crippen LogP contribution in [0.2, 0.25) is 0 Å². The van der Waals surface area contributed by atoms with Crippen molar-refractivity contribution in [3.8, 4) is 5.69 Å². The highest BCUT2D eigenvalue weighted by atomic mass is 16.3. The molecule has 148 valence electrons. The van der Waals surface area contributed by atoms with Crippen LogP contribution in [0, 0.1) is 6.92 Å². The van der Waals surface area contributed by atoms with Gasteiger partial charge in [-0.15, -0.1) is 10.2 Å². The summed E-state index contributed by atoms with van der Waals surface area (Å²) >= 11 is 0. The second-order valence-electron chi connectivity index (χ2n) is 6.87. The topological polar surface area (TPSA) is 100 Å². The summed E-state index contributed by atoms with van der Waals surface area (Å²) in [5.41, 5.74) is 5.22. The largest absolute Gasteiger partial charge is 0.395 e. The zero-order chi connectivity index (χ0) is 20.5. The summed E-state index contributed by atoms with van der Waals surface area (Å²) in [4.78, 5) is 26.9. The number of aromatic nitrogens is 3. The van der Waals surface area contributed by atoms with Gasteiger partial charge in [0.25, 0.3) is 11.8 Å². The molecule has 0 aliphatic carbocycles. The van der Waals surface area contributed by atoms with E-state index < -0.39 is 11.8 Å². The summed E-state index contributed by atoms with van der Waals surface area (Å²) in [7, 11) is 0. The molecule has 1 aromatic heterocycles. The van der Waals surface area contributed by atoms with Gasteiger partial charge in [-0.1, -0.05) is 19.1 Å². The van der Waals surface area contributed by atoms with Crippen molar-refractivity contribution >= 4 is 28.5 Å². The maximum Gasteiger partial charge on any atom is 0.277 e. The Kier molecular flexibility index (Phi) is 4.85. The van der Waals surface area contributed by atoms with E-state index in [0.717, 1.165) is 28.1 Å². The molecule has 2 amide bonds. The van der Waals surface area contributed by atoms with E-state index in [1.165, 1.54) is 11.6 Å². The molecule has 0 saturated carbocycles. The maximum absolute atomic E-state index is 12.4. The third-order valence-corrected chi connectivity index (χ3v) is 4.90. The second-order valence-corrected chi connectivity index (χ2v) is 6.87. The fourth-order valence-corrected chi connectivity index (χ4v) is 3.24. The Bertz CT molecular complexity index is 1130. The van der Waals surface area contributed by atoms with E-state index in [-0.39, 0.29) is 18.8 Å². The molecule has 0 fully saturated rings. The third kappa shape index (κ3) is 3.50. The van der Waals surface area contributed by atoms with Gasteiger partial charge in [0.1, 0.15) is 16.7 Å². The molecule has 0 bridgehead atoms.